The molecule has 2 heterocycles. The van der Waals surface area contributed by atoms with Gasteiger partial charge in [0.25, 0.3) is 0 Å². The number of rotatable bonds is 5. The fourth-order valence-electron chi connectivity index (χ4n) is 3.09. The summed E-state index contributed by atoms with van der Waals surface area (Å²) >= 11 is 0. The lowest BCUT2D eigenvalue weighted by Gasteiger charge is -2.42. The number of ether oxygens (including phenoxy) is 2. The summed E-state index contributed by atoms with van der Waals surface area (Å²) in [5.74, 6) is -0.796. The quantitative estimate of drug-likeness (QED) is 0.141. The van der Waals surface area contributed by atoms with Crippen molar-refractivity contribution < 1.29 is 59.9 Å². The molecule has 0 amide bonds. The fourth-order valence-corrected chi connectivity index (χ4v) is 3.09. The van der Waals surface area contributed by atoms with Crippen molar-refractivity contribution in [2.45, 2.75) is 67.9 Å². The number of hydrogen-bond acceptors (Lipinski definition) is 12. The maximum atomic E-state index is 9.95. The summed E-state index contributed by atoms with van der Waals surface area (Å²) in [4.78, 5) is 0. The average Bonchev–Trinajstić information content (AvgIpc) is 2.68. The number of aliphatic hydroxyl groups is 9. The lowest BCUT2D eigenvalue weighted by atomic mass is 9.87. The molecule has 13 nitrogen and oxygen atoms in total. The summed E-state index contributed by atoms with van der Waals surface area (Å²) in [6.45, 7) is -0.956. The Kier molecular flexibility index (Phi) is 10.4. The van der Waals surface area contributed by atoms with Gasteiger partial charge in [0.2, 0.25) is 0 Å². The first-order chi connectivity index (χ1) is 13.8. The van der Waals surface area contributed by atoms with Crippen LogP contribution in [-0.4, -0.2) is 146 Å². The van der Waals surface area contributed by atoms with Crippen LogP contribution in [0.5, 0.6) is 0 Å². The van der Waals surface area contributed by atoms with Gasteiger partial charge in [0.1, 0.15) is 30.5 Å². The zero-order chi connectivity index (χ0) is 23.4. The molecule has 2 saturated heterocycles. The molecule has 0 spiro atoms. The zero-order valence-corrected chi connectivity index (χ0v) is 17.3. The van der Waals surface area contributed by atoms with E-state index in [1.807, 2.05) is 0 Å². The van der Waals surface area contributed by atoms with E-state index in [0.717, 1.165) is 0 Å². The average molecular weight is 445 g/mol. The van der Waals surface area contributed by atoms with Crippen molar-refractivity contribution in [3.05, 3.63) is 0 Å². The predicted molar refractivity (Wildman–Crippen MR) is 100 cm³/mol. The van der Waals surface area contributed by atoms with Crippen LogP contribution in [0.2, 0.25) is 0 Å². The van der Waals surface area contributed by atoms with Crippen LogP contribution in [0, 0.1) is 5.92 Å². The highest BCUT2D eigenvalue weighted by atomic mass is 16.6. The first kappa shape index (κ1) is 27.5. The molecule has 180 valence electrons. The van der Waals surface area contributed by atoms with Crippen molar-refractivity contribution in [2.24, 2.45) is 11.7 Å². The molecule has 2 aliphatic rings. The molecule has 2 rings (SSSR count). The standard InChI is InChI=1S/C11H24NO6.C6H13NO5/c1-12(2,3)8(14)4-6-9(15)10(16)7(5-13)18-11(6)17;7-3-5(10)4(9)2(1-8)12-6(3)11/h6-11,13-17H,4-5H2,1-3H3;2-6,8-11H,1,7H2/q+1;/t6?,7?,8?,9-,10+,11+;2?,3?,4-,5+,6-/m01/s1. The smallest absolute Gasteiger partial charge is 0.190 e. The fraction of sp³-hybridized carbons (Fsp3) is 1.00. The van der Waals surface area contributed by atoms with E-state index in [0.29, 0.717) is 0 Å². The van der Waals surface area contributed by atoms with Crippen molar-refractivity contribution in [2.75, 3.05) is 34.4 Å². The van der Waals surface area contributed by atoms with Gasteiger partial charge in [-0.15, -0.1) is 0 Å². The lowest BCUT2D eigenvalue weighted by molar-refractivity contribution is -0.919. The second kappa shape index (κ2) is 11.4. The Morgan fingerprint density at radius 2 is 1.20 bits per heavy atom. The van der Waals surface area contributed by atoms with E-state index in [1.165, 1.54) is 0 Å². The van der Waals surface area contributed by atoms with Gasteiger partial charge in [-0.1, -0.05) is 0 Å². The number of quaternary nitrogens is 1. The van der Waals surface area contributed by atoms with E-state index in [2.05, 4.69) is 0 Å². The number of nitrogens with two attached hydrogens (primary N) is 1. The largest absolute Gasteiger partial charge is 0.394 e. The van der Waals surface area contributed by atoms with Gasteiger partial charge in [0, 0.05) is 12.3 Å². The van der Waals surface area contributed by atoms with Crippen molar-refractivity contribution in [3.63, 3.8) is 0 Å². The first-order valence-corrected chi connectivity index (χ1v) is 9.62. The lowest BCUT2D eigenvalue weighted by Crippen LogP contribution is -2.61. The minimum absolute atomic E-state index is 0.0844. The Bertz CT molecular complexity index is 504. The first-order valence-electron chi connectivity index (χ1n) is 9.62. The van der Waals surface area contributed by atoms with Crippen LogP contribution < -0.4 is 5.73 Å². The molecule has 0 radical (unpaired) electrons. The molecule has 0 saturated carbocycles. The van der Waals surface area contributed by atoms with Crippen LogP contribution in [0.4, 0.5) is 0 Å². The van der Waals surface area contributed by atoms with Crippen LogP contribution in [0.1, 0.15) is 6.42 Å². The minimum Gasteiger partial charge on any atom is -0.394 e. The summed E-state index contributed by atoms with van der Waals surface area (Å²) in [5.41, 5.74) is 5.26. The van der Waals surface area contributed by atoms with Gasteiger partial charge in [-0.3, -0.25) is 0 Å². The van der Waals surface area contributed by atoms with Crippen molar-refractivity contribution in [1.29, 1.82) is 0 Å². The third-order valence-electron chi connectivity index (χ3n) is 5.36. The SMILES string of the molecule is C[N+](C)(C)C(O)CC1[C@H](O)OC(CO)[C@@H](O)[C@H]1O.NC1[C@H](O)OC(CO)[C@@H](O)[C@H]1O. The molecule has 0 aromatic rings. The van der Waals surface area contributed by atoms with Crippen molar-refractivity contribution >= 4 is 0 Å². The highest BCUT2D eigenvalue weighted by Crippen LogP contribution is 2.29. The second-order valence-electron chi connectivity index (χ2n) is 8.53. The third-order valence-corrected chi connectivity index (χ3v) is 5.36. The molecule has 13 heteroatoms. The van der Waals surface area contributed by atoms with Crippen molar-refractivity contribution in [1.82, 2.24) is 0 Å². The van der Waals surface area contributed by atoms with E-state index in [9.17, 15) is 30.6 Å². The molecule has 11 N–H and O–H groups in total. The Morgan fingerprint density at radius 1 is 0.767 bits per heavy atom. The van der Waals surface area contributed by atoms with Crippen LogP contribution in [0.25, 0.3) is 0 Å². The summed E-state index contributed by atoms with van der Waals surface area (Å²) in [6.07, 6.45) is -10.4. The van der Waals surface area contributed by atoms with E-state index in [4.69, 9.17) is 30.5 Å². The molecule has 30 heavy (non-hydrogen) atoms. The summed E-state index contributed by atoms with van der Waals surface area (Å²) in [5, 5.41) is 84.3. The molecule has 0 aromatic heterocycles. The van der Waals surface area contributed by atoms with Crippen LogP contribution in [-0.2, 0) is 9.47 Å². The topological polar surface area (TPSA) is 227 Å². The Morgan fingerprint density at radius 3 is 1.63 bits per heavy atom. The molecule has 5 unspecified atom stereocenters. The van der Waals surface area contributed by atoms with Gasteiger partial charge in [-0.05, 0) is 0 Å². The van der Waals surface area contributed by atoms with Gasteiger partial charge in [0.05, 0.1) is 46.5 Å². The molecule has 2 fully saturated rings. The monoisotopic (exact) mass is 445 g/mol. The second-order valence-corrected chi connectivity index (χ2v) is 8.53. The van der Waals surface area contributed by atoms with Gasteiger partial charge in [0.15, 0.2) is 18.8 Å². The Labute approximate surface area is 174 Å². The normalized spacial score (nSPS) is 43.5. The van der Waals surface area contributed by atoms with Crippen LogP contribution in [0.15, 0.2) is 0 Å². The van der Waals surface area contributed by atoms with Gasteiger partial charge < -0.3 is 65.6 Å². The van der Waals surface area contributed by atoms with E-state index >= 15 is 0 Å². The van der Waals surface area contributed by atoms with Crippen LogP contribution >= 0.6 is 0 Å². The predicted octanol–water partition coefficient (Wildman–Crippen LogP) is -5.81. The highest BCUT2D eigenvalue weighted by Gasteiger charge is 2.45. The van der Waals surface area contributed by atoms with E-state index < -0.39 is 80.6 Å². The summed E-state index contributed by atoms with van der Waals surface area (Å²) in [7, 11) is 5.33. The Hall–Kier alpha value is -0.520. The third kappa shape index (κ3) is 6.74. The molecular formula is C17H37N2O11+. The van der Waals surface area contributed by atoms with E-state index in [-0.39, 0.29) is 10.9 Å². The maximum Gasteiger partial charge on any atom is 0.190 e. The molecule has 0 aromatic carbocycles. The van der Waals surface area contributed by atoms with E-state index in [1.54, 1.807) is 21.1 Å². The number of aliphatic hydroxyl groups excluding tert-OH is 9. The molecule has 0 bridgehead atoms. The maximum absolute atomic E-state index is 9.95. The number of hydrogen-bond donors (Lipinski definition) is 10. The van der Waals surface area contributed by atoms with Gasteiger partial charge in [-0.25, -0.2) is 0 Å². The zero-order valence-electron chi connectivity index (χ0n) is 17.3. The minimum atomic E-state index is -1.35. The summed E-state index contributed by atoms with van der Waals surface area (Å²) < 4.78 is 9.97. The highest BCUT2D eigenvalue weighted by molar-refractivity contribution is 4.90. The van der Waals surface area contributed by atoms with Crippen molar-refractivity contribution in [3.8, 4) is 0 Å². The van der Waals surface area contributed by atoms with Crippen LogP contribution in [0.3, 0.4) is 0 Å². The summed E-state index contributed by atoms with van der Waals surface area (Å²) in [6, 6.07) is -1.04. The van der Waals surface area contributed by atoms with Gasteiger partial charge >= 0.3 is 0 Å². The molecule has 2 aliphatic heterocycles. The number of nitrogens with zero attached hydrogens (tertiary/aromatic N) is 1. The van der Waals surface area contributed by atoms with Gasteiger partial charge in [-0.2, -0.15) is 0 Å². The Balaban J connectivity index is 0.000000325. The molecular weight excluding hydrogens is 408 g/mol. The molecule has 0 aliphatic carbocycles. The molecule has 11 atom stereocenters.